The van der Waals surface area contributed by atoms with E-state index >= 15 is 0 Å². The molecule has 14 heavy (non-hydrogen) atoms. The normalized spacial score (nSPS) is 18.4. The lowest BCUT2D eigenvalue weighted by Crippen LogP contribution is -2.20. The van der Waals surface area contributed by atoms with Crippen molar-refractivity contribution in [3.8, 4) is 0 Å². The average Bonchev–Trinajstić information content (AvgIpc) is 2.86. The van der Waals surface area contributed by atoms with Crippen LogP contribution < -0.4 is 5.32 Å². The fourth-order valence-electron chi connectivity index (χ4n) is 1.89. The zero-order chi connectivity index (χ0) is 9.80. The van der Waals surface area contributed by atoms with Crippen LogP contribution in [0.2, 0.25) is 0 Å². The van der Waals surface area contributed by atoms with Crippen LogP contribution in [0, 0.1) is 5.92 Å². The van der Waals surface area contributed by atoms with Crippen LogP contribution in [0.3, 0.4) is 0 Å². The Labute approximate surface area is 85.7 Å². The summed E-state index contributed by atoms with van der Waals surface area (Å²) in [6, 6.07) is 4.47. The summed E-state index contributed by atoms with van der Waals surface area (Å²) in [5, 5.41) is 3.47. The van der Waals surface area contributed by atoms with Crippen LogP contribution in [-0.4, -0.2) is 6.54 Å². The molecule has 0 aromatic carbocycles. The summed E-state index contributed by atoms with van der Waals surface area (Å²) in [6.07, 6.45) is 7.20. The predicted molar refractivity (Wildman–Crippen MR) is 57.1 cm³/mol. The summed E-state index contributed by atoms with van der Waals surface area (Å²) in [5.74, 6) is 2.10. The molecule has 0 amide bonds. The van der Waals surface area contributed by atoms with Gasteiger partial charge in [-0.2, -0.15) is 0 Å². The molecule has 1 N–H and O–H groups in total. The van der Waals surface area contributed by atoms with Gasteiger partial charge in [-0.05, 0) is 37.4 Å². The second kappa shape index (κ2) is 4.65. The van der Waals surface area contributed by atoms with Gasteiger partial charge in [-0.25, -0.2) is 0 Å². The largest absolute Gasteiger partial charge is 0.468 e. The van der Waals surface area contributed by atoms with Crippen molar-refractivity contribution in [1.82, 2.24) is 5.32 Å². The highest BCUT2D eigenvalue weighted by Crippen LogP contribution is 2.35. The molecule has 1 unspecified atom stereocenters. The maximum atomic E-state index is 5.44. The Hall–Kier alpha value is -0.760. The molecular formula is C12H19NO. The molecule has 1 fully saturated rings. The Balaban J connectivity index is 1.85. The molecule has 1 heterocycles. The lowest BCUT2D eigenvalue weighted by molar-refractivity contribution is 0.389. The molecule has 0 bridgehead atoms. The van der Waals surface area contributed by atoms with Crippen LogP contribution in [0.15, 0.2) is 22.8 Å². The van der Waals surface area contributed by atoms with Crippen molar-refractivity contribution >= 4 is 0 Å². The maximum absolute atomic E-state index is 5.44. The molecule has 1 aromatic rings. The molecule has 0 spiro atoms. The number of hydrogen-bond donors (Lipinski definition) is 1. The second-order valence-electron chi connectivity index (χ2n) is 4.15. The van der Waals surface area contributed by atoms with Crippen LogP contribution >= 0.6 is 0 Å². The number of hydrogen-bond acceptors (Lipinski definition) is 2. The van der Waals surface area contributed by atoms with Gasteiger partial charge in [0.15, 0.2) is 0 Å². The zero-order valence-corrected chi connectivity index (χ0v) is 8.83. The molecule has 1 aliphatic carbocycles. The van der Waals surface area contributed by atoms with Gasteiger partial charge in [0.1, 0.15) is 5.76 Å². The minimum Gasteiger partial charge on any atom is -0.468 e. The van der Waals surface area contributed by atoms with Gasteiger partial charge in [-0.1, -0.05) is 19.8 Å². The molecule has 2 nitrogen and oxygen atoms in total. The van der Waals surface area contributed by atoms with Crippen molar-refractivity contribution in [2.75, 3.05) is 6.54 Å². The highest BCUT2D eigenvalue weighted by atomic mass is 16.3. The molecule has 0 saturated heterocycles. The van der Waals surface area contributed by atoms with Gasteiger partial charge < -0.3 is 9.73 Å². The fraction of sp³-hybridized carbons (Fsp3) is 0.667. The zero-order valence-electron chi connectivity index (χ0n) is 8.83. The molecular weight excluding hydrogens is 174 g/mol. The van der Waals surface area contributed by atoms with Crippen LogP contribution in [0.5, 0.6) is 0 Å². The fourth-order valence-corrected chi connectivity index (χ4v) is 1.89. The van der Waals surface area contributed by atoms with Crippen LogP contribution in [0.1, 0.15) is 44.4 Å². The van der Waals surface area contributed by atoms with Crippen molar-refractivity contribution < 1.29 is 4.42 Å². The van der Waals surface area contributed by atoms with E-state index < -0.39 is 0 Å². The molecule has 1 atom stereocenters. The van der Waals surface area contributed by atoms with Crippen molar-refractivity contribution in [3.05, 3.63) is 24.2 Å². The van der Waals surface area contributed by atoms with Gasteiger partial charge in [0.2, 0.25) is 0 Å². The van der Waals surface area contributed by atoms with E-state index in [1.165, 1.54) is 25.7 Å². The van der Waals surface area contributed by atoms with Gasteiger partial charge >= 0.3 is 0 Å². The monoisotopic (exact) mass is 193 g/mol. The first kappa shape index (κ1) is 9.78. The standard InChI is InChI=1S/C12H19NO/c1-2-13-11(8-7-10-5-6-10)12-4-3-9-14-12/h3-4,9-11,13H,2,5-8H2,1H3. The lowest BCUT2D eigenvalue weighted by atomic mass is 10.1. The summed E-state index contributed by atoms with van der Waals surface area (Å²) in [5.41, 5.74) is 0. The molecule has 0 aliphatic heterocycles. The lowest BCUT2D eigenvalue weighted by Gasteiger charge is -2.14. The highest BCUT2D eigenvalue weighted by molar-refractivity contribution is 5.04. The molecule has 0 radical (unpaired) electrons. The quantitative estimate of drug-likeness (QED) is 0.751. The van der Waals surface area contributed by atoms with E-state index in [1.54, 1.807) is 6.26 Å². The summed E-state index contributed by atoms with van der Waals surface area (Å²) in [4.78, 5) is 0. The number of furan rings is 1. The Morgan fingerprint density at radius 3 is 3.00 bits per heavy atom. The van der Waals surface area contributed by atoms with E-state index in [2.05, 4.69) is 18.3 Å². The van der Waals surface area contributed by atoms with Crippen molar-refractivity contribution in [3.63, 3.8) is 0 Å². The van der Waals surface area contributed by atoms with E-state index in [0.29, 0.717) is 6.04 Å². The Bertz CT molecular complexity index is 251. The molecule has 1 saturated carbocycles. The van der Waals surface area contributed by atoms with E-state index in [4.69, 9.17) is 4.42 Å². The summed E-state index contributed by atoms with van der Waals surface area (Å²) >= 11 is 0. The van der Waals surface area contributed by atoms with E-state index in [0.717, 1.165) is 18.2 Å². The van der Waals surface area contributed by atoms with Gasteiger partial charge in [-0.15, -0.1) is 0 Å². The minimum atomic E-state index is 0.426. The molecule has 1 aromatic heterocycles. The first-order valence-electron chi connectivity index (χ1n) is 5.67. The Morgan fingerprint density at radius 2 is 2.43 bits per heavy atom. The molecule has 2 rings (SSSR count). The maximum Gasteiger partial charge on any atom is 0.120 e. The summed E-state index contributed by atoms with van der Waals surface area (Å²) < 4.78 is 5.44. The molecule has 2 heteroatoms. The summed E-state index contributed by atoms with van der Waals surface area (Å²) in [6.45, 7) is 3.16. The third kappa shape index (κ3) is 2.61. The molecule has 78 valence electrons. The third-order valence-corrected chi connectivity index (χ3v) is 2.90. The van der Waals surface area contributed by atoms with Crippen molar-refractivity contribution in [1.29, 1.82) is 0 Å². The predicted octanol–water partition coefficient (Wildman–Crippen LogP) is 3.12. The van der Waals surface area contributed by atoms with Gasteiger partial charge in [-0.3, -0.25) is 0 Å². The molecule has 1 aliphatic rings. The summed E-state index contributed by atoms with van der Waals surface area (Å²) in [7, 11) is 0. The third-order valence-electron chi connectivity index (χ3n) is 2.90. The van der Waals surface area contributed by atoms with Crippen molar-refractivity contribution in [2.45, 2.75) is 38.6 Å². The second-order valence-corrected chi connectivity index (χ2v) is 4.15. The highest BCUT2D eigenvalue weighted by Gasteiger charge is 2.23. The van der Waals surface area contributed by atoms with Crippen LogP contribution in [0.4, 0.5) is 0 Å². The van der Waals surface area contributed by atoms with E-state index in [9.17, 15) is 0 Å². The Kier molecular flexibility index (Phi) is 3.25. The minimum absolute atomic E-state index is 0.426. The number of rotatable bonds is 6. The van der Waals surface area contributed by atoms with Crippen molar-refractivity contribution in [2.24, 2.45) is 5.92 Å². The first-order chi connectivity index (χ1) is 6.90. The number of nitrogens with one attached hydrogen (secondary N) is 1. The Morgan fingerprint density at radius 1 is 1.57 bits per heavy atom. The van der Waals surface area contributed by atoms with Gasteiger partial charge in [0.25, 0.3) is 0 Å². The van der Waals surface area contributed by atoms with Crippen LogP contribution in [-0.2, 0) is 0 Å². The van der Waals surface area contributed by atoms with Crippen LogP contribution in [0.25, 0.3) is 0 Å². The SMILES string of the molecule is CCNC(CCC1CC1)c1ccco1. The van der Waals surface area contributed by atoms with E-state index in [1.807, 2.05) is 6.07 Å². The first-order valence-corrected chi connectivity index (χ1v) is 5.67. The van der Waals surface area contributed by atoms with Gasteiger partial charge in [0, 0.05) is 0 Å². The van der Waals surface area contributed by atoms with Gasteiger partial charge in [0.05, 0.1) is 12.3 Å². The smallest absolute Gasteiger partial charge is 0.120 e. The topological polar surface area (TPSA) is 25.2 Å². The van der Waals surface area contributed by atoms with E-state index in [-0.39, 0.29) is 0 Å². The average molecular weight is 193 g/mol.